The van der Waals surface area contributed by atoms with Crippen molar-refractivity contribution in [3.63, 3.8) is 0 Å². The number of allylic oxidation sites excluding steroid dienone is 1. The van der Waals surface area contributed by atoms with Crippen LogP contribution in [0.4, 0.5) is 5.13 Å². The molecule has 0 unspecified atom stereocenters. The molecule has 0 spiro atoms. The second-order valence-electron chi connectivity index (χ2n) is 7.38. The minimum Gasteiger partial charge on any atom is -0.486 e. The second kappa shape index (κ2) is 11.9. The average Bonchev–Trinajstić information content (AvgIpc) is 3.46. The van der Waals surface area contributed by atoms with Crippen LogP contribution in [0, 0.1) is 6.92 Å². The van der Waals surface area contributed by atoms with E-state index in [0.29, 0.717) is 33.4 Å². The summed E-state index contributed by atoms with van der Waals surface area (Å²) in [6.45, 7) is 6.46. The van der Waals surface area contributed by atoms with Crippen molar-refractivity contribution in [2.24, 2.45) is 0 Å². The van der Waals surface area contributed by atoms with Gasteiger partial charge in [-0.25, -0.2) is 4.98 Å². The number of nitrogens with one attached hydrogen (secondary N) is 1. The Hall–Kier alpha value is -2.66. The van der Waals surface area contributed by atoms with Crippen LogP contribution in [0.2, 0.25) is 5.02 Å². The molecule has 4 aromatic rings. The first kappa shape index (κ1) is 25.4. The maximum Gasteiger partial charge on any atom is 0.236 e. The molecule has 0 radical (unpaired) electrons. The number of aromatic nitrogens is 4. The number of hydrogen-bond donors (Lipinski definition) is 1. The molecule has 0 aliphatic carbocycles. The molecule has 0 aliphatic heterocycles. The van der Waals surface area contributed by atoms with Crippen molar-refractivity contribution in [2.75, 3.05) is 11.1 Å². The number of amides is 1. The maximum atomic E-state index is 12.5. The summed E-state index contributed by atoms with van der Waals surface area (Å²) >= 11 is 12.2. The van der Waals surface area contributed by atoms with Gasteiger partial charge in [0.2, 0.25) is 5.91 Å². The highest BCUT2D eigenvalue weighted by molar-refractivity contribution is 9.10. The van der Waals surface area contributed by atoms with Gasteiger partial charge in [0.05, 0.1) is 11.4 Å². The van der Waals surface area contributed by atoms with E-state index in [1.807, 2.05) is 53.3 Å². The third-order valence-electron chi connectivity index (χ3n) is 4.83. The van der Waals surface area contributed by atoms with E-state index in [1.165, 1.54) is 23.1 Å². The van der Waals surface area contributed by atoms with Crippen molar-refractivity contribution in [2.45, 2.75) is 25.2 Å². The van der Waals surface area contributed by atoms with Crippen LogP contribution in [0.15, 0.2) is 70.1 Å². The smallest absolute Gasteiger partial charge is 0.236 e. The van der Waals surface area contributed by atoms with Gasteiger partial charge in [0.25, 0.3) is 0 Å². The number of benzene rings is 2. The number of nitrogens with zero attached hydrogens (tertiary/aromatic N) is 4. The Morgan fingerprint density at radius 1 is 1.29 bits per heavy atom. The van der Waals surface area contributed by atoms with Crippen LogP contribution < -0.4 is 10.1 Å². The number of aryl methyl sites for hydroxylation is 1. The lowest BCUT2D eigenvalue weighted by Gasteiger charge is -2.10. The molecule has 0 aliphatic rings. The molecule has 7 nitrogen and oxygen atoms in total. The highest BCUT2D eigenvalue weighted by Crippen LogP contribution is 2.27. The molecule has 0 atom stereocenters. The largest absolute Gasteiger partial charge is 0.486 e. The molecule has 0 bridgehead atoms. The Kier molecular flexibility index (Phi) is 8.61. The van der Waals surface area contributed by atoms with E-state index in [2.05, 4.69) is 43.0 Å². The molecule has 0 fully saturated rings. The fraction of sp³-hybridized carbons (Fsp3) is 0.167. The van der Waals surface area contributed by atoms with Gasteiger partial charge < -0.3 is 10.1 Å². The lowest BCUT2D eigenvalue weighted by molar-refractivity contribution is -0.113. The van der Waals surface area contributed by atoms with Crippen molar-refractivity contribution >= 4 is 61.7 Å². The van der Waals surface area contributed by atoms with Gasteiger partial charge in [0.1, 0.15) is 12.4 Å². The quantitative estimate of drug-likeness (QED) is 0.165. The predicted molar refractivity (Wildman–Crippen MR) is 145 cm³/mol. The summed E-state index contributed by atoms with van der Waals surface area (Å²) < 4.78 is 8.74. The Morgan fingerprint density at radius 2 is 2.09 bits per heavy atom. The first-order valence-corrected chi connectivity index (χ1v) is 13.5. The molecule has 1 amide bonds. The first-order valence-electron chi connectivity index (χ1n) is 10.5. The minimum atomic E-state index is -0.172. The van der Waals surface area contributed by atoms with Gasteiger partial charge in [-0.2, -0.15) is 0 Å². The molecular weight excluding hydrogens is 570 g/mol. The van der Waals surface area contributed by atoms with Crippen molar-refractivity contribution < 1.29 is 9.53 Å². The van der Waals surface area contributed by atoms with Gasteiger partial charge in [0, 0.05) is 27.0 Å². The number of carbonyl (C=O) groups excluding carboxylic acids is 1. The fourth-order valence-electron chi connectivity index (χ4n) is 3.07. The summed E-state index contributed by atoms with van der Waals surface area (Å²) in [5.74, 6) is 1.33. The lowest BCUT2D eigenvalue weighted by atomic mass is 10.2. The number of thioether (sulfide) groups is 1. The molecule has 2 heterocycles. The predicted octanol–water partition coefficient (Wildman–Crippen LogP) is 6.62. The number of ether oxygens (including phenoxy) is 1. The standard InChI is InChI=1S/C24H21BrClN5O2S2/c1-3-10-31-21(12-33-18-8-9-19(26)15(2)11-18)29-30-24(31)35-14-22(32)28-23-27-20(13-34-23)16-4-6-17(25)7-5-16/h3-9,11,13H,1,10,12,14H2,2H3,(H,27,28,32). The van der Waals surface area contributed by atoms with Crippen LogP contribution in [0.3, 0.4) is 0 Å². The molecule has 0 saturated heterocycles. The van der Waals surface area contributed by atoms with Crippen molar-refractivity contribution in [3.05, 3.63) is 81.4 Å². The summed E-state index contributed by atoms with van der Waals surface area (Å²) in [6.07, 6.45) is 1.75. The van der Waals surface area contributed by atoms with Gasteiger partial charge in [-0.15, -0.1) is 28.1 Å². The summed E-state index contributed by atoms with van der Waals surface area (Å²) in [7, 11) is 0. The average molecular weight is 591 g/mol. The number of rotatable bonds is 10. The molecule has 11 heteroatoms. The normalized spacial score (nSPS) is 10.8. The number of thiazole rings is 1. The zero-order valence-corrected chi connectivity index (χ0v) is 22.7. The zero-order valence-electron chi connectivity index (χ0n) is 18.7. The van der Waals surface area contributed by atoms with E-state index in [4.69, 9.17) is 16.3 Å². The summed E-state index contributed by atoms with van der Waals surface area (Å²) in [5.41, 5.74) is 2.74. The number of anilines is 1. The van der Waals surface area contributed by atoms with Gasteiger partial charge in [0.15, 0.2) is 16.1 Å². The van der Waals surface area contributed by atoms with Crippen LogP contribution in [0.25, 0.3) is 11.3 Å². The Balaban J connectivity index is 1.35. The topological polar surface area (TPSA) is 81.9 Å². The highest BCUT2D eigenvalue weighted by atomic mass is 79.9. The molecule has 0 saturated carbocycles. The van der Waals surface area contributed by atoms with E-state index in [9.17, 15) is 4.79 Å². The van der Waals surface area contributed by atoms with Crippen molar-refractivity contribution in [1.82, 2.24) is 19.7 Å². The van der Waals surface area contributed by atoms with Crippen LogP contribution >= 0.6 is 50.6 Å². The van der Waals surface area contributed by atoms with Gasteiger partial charge in [-0.05, 0) is 42.8 Å². The minimum absolute atomic E-state index is 0.166. The zero-order chi connectivity index (χ0) is 24.8. The molecule has 180 valence electrons. The van der Waals surface area contributed by atoms with Crippen LogP contribution in [-0.4, -0.2) is 31.4 Å². The molecule has 2 aromatic carbocycles. The van der Waals surface area contributed by atoms with Crippen LogP contribution in [0.5, 0.6) is 5.75 Å². The fourth-order valence-corrected chi connectivity index (χ4v) is 4.95. The number of hydrogen-bond acceptors (Lipinski definition) is 7. The van der Waals surface area contributed by atoms with Crippen LogP contribution in [0.1, 0.15) is 11.4 Å². The number of carbonyl (C=O) groups is 1. The van der Waals surface area contributed by atoms with E-state index in [-0.39, 0.29) is 18.3 Å². The Morgan fingerprint density at radius 3 is 2.83 bits per heavy atom. The van der Waals surface area contributed by atoms with E-state index in [1.54, 1.807) is 12.1 Å². The molecule has 1 N–H and O–H groups in total. The monoisotopic (exact) mass is 589 g/mol. The molecule has 35 heavy (non-hydrogen) atoms. The molecule has 2 aromatic heterocycles. The number of halogens is 2. The third kappa shape index (κ3) is 6.72. The Bertz CT molecular complexity index is 1340. The maximum absolute atomic E-state index is 12.5. The van der Waals surface area contributed by atoms with E-state index < -0.39 is 0 Å². The molecular formula is C24H21BrClN5O2S2. The van der Waals surface area contributed by atoms with Gasteiger partial charge >= 0.3 is 0 Å². The van der Waals surface area contributed by atoms with Crippen LogP contribution in [-0.2, 0) is 17.9 Å². The van der Waals surface area contributed by atoms with E-state index >= 15 is 0 Å². The van der Waals surface area contributed by atoms with Crippen molar-refractivity contribution in [1.29, 1.82) is 0 Å². The summed E-state index contributed by atoms with van der Waals surface area (Å²) in [6, 6.07) is 13.3. The van der Waals surface area contributed by atoms with Crippen molar-refractivity contribution in [3.8, 4) is 17.0 Å². The van der Waals surface area contributed by atoms with E-state index in [0.717, 1.165) is 21.3 Å². The summed E-state index contributed by atoms with van der Waals surface area (Å²) in [5, 5.41) is 15.1. The van der Waals surface area contributed by atoms with Gasteiger partial charge in [-0.1, -0.05) is 57.5 Å². The second-order valence-corrected chi connectivity index (χ2v) is 10.5. The highest BCUT2D eigenvalue weighted by Gasteiger charge is 2.15. The lowest BCUT2D eigenvalue weighted by Crippen LogP contribution is -2.15. The molecule has 4 rings (SSSR count). The SMILES string of the molecule is C=CCn1c(COc2ccc(Cl)c(C)c2)nnc1SCC(=O)Nc1nc(-c2ccc(Br)cc2)cs1. The van der Waals surface area contributed by atoms with Gasteiger partial charge in [-0.3, -0.25) is 9.36 Å². The summed E-state index contributed by atoms with van der Waals surface area (Å²) in [4.78, 5) is 17.0. The Labute approximate surface area is 224 Å². The third-order valence-corrected chi connectivity index (χ3v) is 7.50. The first-order chi connectivity index (χ1) is 16.9.